The van der Waals surface area contributed by atoms with Crippen LogP contribution in [-0.4, -0.2) is 88.3 Å². The summed E-state index contributed by atoms with van der Waals surface area (Å²) >= 11 is 0. The molecule has 0 radical (unpaired) electrons. The van der Waals surface area contributed by atoms with Crippen LogP contribution in [0.25, 0.3) is 0 Å². The molecule has 3 fully saturated rings. The molecule has 0 N–H and O–H groups in total. The number of benzene rings is 1. The number of urea groups is 1. The normalized spacial score (nSPS) is 24.4. The summed E-state index contributed by atoms with van der Waals surface area (Å²) < 4.78 is 0. The lowest BCUT2D eigenvalue weighted by molar-refractivity contribution is -0.136. The van der Waals surface area contributed by atoms with Gasteiger partial charge in [0.05, 0.1) is 0 Å². The first-order chi connectivity index (χ1) is 17.0. The smallest absolute Gasteiger partial charge is 0.327 e. The van der Waals surface area contributed by atoms with Gasteiger partial charge in [-0.05, 0) is 50.5 Å². The van der Waals surface area contributed by atoms with Gasteiger partial charge in [0.25, 0.3) is 5.91 Å². The van der Waals surface area contributed by atoms with Crippen LogP contribution >= 0.6 is 12.4 Å². The van der Waals surface area contributed by atoms with Crippen LogP contribution in [0.3, 0.4) is 0 Å². The SMILES string of the molecule is CCN1C(=O)N(C(C)C)C2(CCN(CC3CN(C(=O)CC(C)(C)C)CC3c3ccccc3)CC2)C1=O.Cl. The third kappa shape index (κ3) is 5.83. The van der Waals surface area contributed by atoms with E-state index in [9.17, 15) is 14.4 Å². The van der Waals surface area contributed by atoms with Crippen molar-refractivity contribution >= 4 is 30.3 Å². The Hall–Kier alpha value is -2.12. The lowest BCUT2D eigenvalue weighted by atomic mass is 9.83. The monoisotopic (exact) mass is 532 g/mol. The number of amides is 4. The van der Waals surface area contributed by atoms with Gasteiger partial charge < -0.3 is 14.7 Å². The van der Waals surface area contributed by atoms with Crippen molar-refractivity contribution in [3.8, 4) is 0 Å². The lowest BCUT2D eigenvalue weighted by Crippen LogP contribution is -2.58. The van der Waals surface area contributed by atoms with Gasteiger partial charge >= 0.3 is 6.03 Å². The molecular weight excluding hydrogens is 488 g/mol. The van der Waals surface area contributed by atoms with Gasteiger partial charge in [0.1, 0.15) is 5.54 Å². The van der Waals surface area contributed by atoms with E-state index in [0.29, 0.717) is 37.6 Å². The molecule has 0 aliphatic carbocycles. The summed E-state index contributed by atoms with van der Waals surface area (Å²) in [7, 11) is 0. The minimum absolute atomic E-state index is 0. The maximum absolute atomic E-state index is 13.4. The predicted molar refractivity (Wildman–Crippen MR) is 149 cm³/mol. The number of hydrogen-bond donors (Lipinski definition) is 0. The van der Waals surface area contributed by atoms with Gasteiger partial charge in [0.2, 0.25) is 5.91 Å². The first-order valence-corrected chi connectivity index (χ1v) is 13.7. The van der Waals surface area contributed by atoms with Crippen LogP contribution in [0, 0.1) is 11.3 Å². The fraction of sp³-hybridized carbons (Fsp3) is 0.690. The number of carbonyl (C=O) groups excluding carboxylic acids is 3. The summed E-state index contributed by atoms with van der Waals surface area (Å²) in [5, 5.41) is 0. The average Bonchev–Trinajstić information content (AvgIpc) is 3.32. The maximum atomic E-state index is 13.4. The first kappa shape index (κ1) is 29.4. The molecule has 4 amide bonds. The Morgan fingerprint density at radius 3 is 2.22 bits per heavy atom. The highest BCUT2D eigenvalue weighted by atomic mass is 35.5. The minimum Gasteiger partial charge on any atom is -0.342 e. The molecule has 2 unspecified atom stereocenters. The van der Waals surface area contributed by atoms with Crippen molar-refractivity contribution in [1.29, 1.82) is 0 Å². The molecule has 0 bridgehead atoms. The van der Waals surface area contributed by atoms with Crippen LogP contribution in [0.4, 0.5) is 4.79 Å². The third-order valence-corrected chi connectivity index (χ3v) is 8.25. The molecule has 3 aliphatic heterocycles. The van der Waals surface area contributed by atoms with Crippen LogP contribution in [0.1, 0.15) is 72.3 Å². The van der Waals surface area contributed by atoms with E-state index in [0.717, 1.165) is 32.7 Å². The van der Waals surface area contributed by atoms with E-state index >= 15 is 0 Å². The molecule has 206 valence electrons. The van der Waals surface area contributed by atoms with Gasteiger partial charge in [0.15, 0.2) is 0 Å². The van der Waals surface area contributed by atoms with Crippen molar-refractivity contribution in [2.45, 2.75) is 78.3 Å². The zero-order valence-electron chi connectivity index (χ0n) is 23.4. The van der Waals surface area contributed by atoms with Crippen LogP contribution in [-0.2, 0) is 9.59 Å². The van der Waals surface area contributed by atoms with E-state index in [1.165, 1.54) is 10.5 Å². The standard InChI is InChI=1S/C29H44N4O3.ClH/c1-7-32-26(35)29(33(21(2)3)27(32)36)13-15-30(16-14-29)18-23-19-31(25(34)17-28(4,5)6)20-24(23)22-11-9-8-10-12-22;/h8-12,21,23-24H,7,13-20H2,1-6H3;1H. The van der Waals surface area contributed by atoms with Crippen LogP contribution in [0.2, 0.25) is 0 Å². The molecule has 1 aromatic rings. The number of nitrogens with zero attached hydrogens (tertiary/aromatic N) is 4. The zero-order valence-corrected chi connectivity index (χ0v) is 24.2. The summed E-state index contributed by atoms with van der Waals surface area (Å²) in [5.74, 6) is 0.874. The Morgan fingerprint density at radius 2 is 1.68 bits per heavy atom. The predicted octanol–water partition coefficient (Wildman–Crippen LogP) is 4.61. The quantitative estimate of drug-likeness (QED) is 0.502. The summed E-state index contributed by atoms with van der Waals surface area (Å²) in [6, 6.07) is 10.4. The highest BCUT2D eigenvalue weighted by Crippen LogP contribution is 2.40. The molecule has 1 aromatic carbocycles. The van der Waals surface area contributed by atoms with Gasteiger partial charge in [0, 0.05) is 57.6 Å². The van der Waals surface area contributed by atoms with Gasteiger partial charge in [-0.1, -0.05) is 51.1 Å². The van der Waals surface area contributed by atoms with Gasteiger partial charge in [-0.3, -0.25) is 14.5 Å². The zero-order chi connectivity index (χ0) is 26.3. The Balaban J connectivity index is 0.00000380. The highest BCUT2D eigenvalue weighted by molar-refractivity contribution is 6.07. The van der Waals surface area contributed by atoms with E-state index in [4.69, 9.17) is 0 Å². The molecule has 3 aliphatic rings. The number of halogens is 1. The number of rotatable bonds is 6. The summed E-state index contributed by atoms with van der Waals surface area (Å²) in [6.07, 6.45) is 1.89. The van der Waals surface area contributed by atoms with Gasteiger partial charge in [-0.2, -0.15) is 0 Å². The van der Waals surface area contributed by atoms with Crippen LogP contribution in [0.5, 0.6) is 0 Å². The average molecular weight is 533 g/mol. The van der Waals surface area contributed by atoms with E-state index in [2.05, 4.69) is 54.8 Å². The number of imide groups is 1. The van der Waals surface area contributed by atoms with Gasteiger partial charge in [-0.15, -0.1) is 12.4 Å². The lowest BCUT2D eigenvalue weighted by Gasteiger charge is -2.44. The van der Waals surface area contributed by atoms with Crippen molar-refractivity contribution in [1.82, 2.24) is 19.6 Å². The molecular formula is C29H45ClN4O3. The van der Waals surface area contributed by atoms with Crippen LogP contribution in [0.15, 0.2) is 30.3 Å². The van der Waals surface area contributed by atoms with E-state index in [1.54, 1.807) is 0 Å². The molecule has 8 heteroatoms. The number of hydrogen-bond acceptors (Lipinski definition) is 4. The van der Waals surface area contributed by atoms with E-state index < -0.39 is 5.54 Å². The molecule has 3 heterocycles. The second-order valence-electron chi connectivity index (χ2n) is 12.4. The number of likely N-dealkylation sites (N-methyl/N-ethyl adjacent to an activating group) is 1. The van der Waals surface area contributed by atoms with Crippen molar-refractivity contribution in [2.24, 2.45) is 11.3 Å². The Kier molecular flexibility index (Phi) is 9.01. The fourth-order valence-electron chi connectivity index (χ4n) is 6.54. The van der Waals surface area contributed by atoms with Crippen molar-refractivity contribution < 1.29 is 14.4 Å². The molecule has 4 rings (SSSR count). The molecule has 37 heavy (non-hydrogen) atoms. The Labute approximate surface area is 228 Å². The third-order valence-electron chi connectivity index (χ3n) is 8.25. The molecule has 0 aromatic heterocycles. The topological polar surface area (TPSA) is 64.2 Å². The van der Waals surface area contributed by atoms with Crippen molar-refractivity contribution in [2.75, 3.05) is 39.3 Å². The van der Waals surface area contributed by atoms with E-state index in [1.807, 2.05) is 31.7 Å². The van der Waals surface area contributed by atoms with E-state index in [-0.39, 0.29) is 41.7 Å². The number of piperidine rings is 1. The minimum atomic E-state index is -0.707. The van der Waals surface area contributed by atoms with Crippen molar-refractivity contribution in [3.63, 3.8) is 0 Å². The van der Waals surface area contributed by atoms with Crippen molar-refractivity contribution in [3.05, 3.63) is 35.9 Å². The maximum Gasteiger partial charge on any atom is 0.327 e. The Bertz CT molecular complexity index is 969. The molecule has 7 nitrogen and oxygen atoms in total. The van der Waals surface area contributed by atoms with Crippen LogP contribution < -0.4 is 0 Å². The number of likely N-dealkylation sites (tertiary alicyclic amines) is 2. The molecule has 2 atom stereocenters. The Morgan fingerprint density at radius 1 is 1.05 bits per heavy atom. The molecule has 3 saturated heterocycles. The summed E-state index contributed by atoms with van der Waals surface area (Å²) in [6.45, 7) is 16.7. The second-order valence-corrected chi connectivity index (χ2v) is 12.4. The number of carbonyl (C=O) groups is 3. The first-order valence-electron chi connectivity index (χ1n) is 13.7. The fourth-order valence-corrected chi connectivity index (χ4v) is 6.54. The summed E-state index contributed by atoms with van der Waals surface area (Å²) in [4.78, 5) is 47.3. The largest absolute Gasteiger partial charge is 0.342 e. The van der Waals surface area contributed by atoms with Gasteiger partial charge in [-0.25, -0.2) is 4.79 Å². The molecule has 1 spiro atoms. The highest BCUT2D eigenvalue weighted by Gasteiger charge is 2.58. The second kappa shape index (κ2) is 11.3. The summed E-state index contributed by atoms with van der Waals surface area (Å²) in [5.41, 5.74) is 0.558. The molecule has 0 saturated carbocycles.